The molecular weight excluding hydrogens is 214 g/mol. The summed E-state index contributed by atoms with van der Waals surface area (Å²) in [5.74, 6) is -0.285. The van der Waals surface area contributed by atoms with Crippen LogP contribution in [-0.4, -0.2) is 23.2 Å². The molecule has 0 aromatic heterocycles. The van der Waals surface area contributed by atoms with Gasteiger partial charge in [-0.25, -0.2) is 0 Å². The molecule has 0 heterocycles. The number of nitrogens with one attached hydrogen (secondary N) is 1. The predicted octanol–water partition coefficient (Wildman–Crippen LogP) is 3.04. The van der Waals surface area contributed by atoms with Crippen molar-refractivity contribution >= 4 is 5.97 Å². The Bertz CT molecular complexity index is 251. The van der Waals surface area contributed by atoms with Gasteiger partial charge >= 0.3 is 5.97 Å². The lowest BCUT2D eigenvalue weighted by Gasteiger charge is -2.36. The van der Waals surface area contributed by atoms with Crippen molar-refractivity contribution < 1.29 is 9.90 Å². The Morgan fingerprint density at radius 1 is 1.35 bits per heavy atom. The van der Waals surface area contributed by atoms with Gasteiger partial charge < -0.3 is 10.4 Å². The Morgan fingerprint density at radius 3 is 2.29 bits per heavy atom. The van der Waals surface area contributed by atoms with E-state index < -0.39 is 5.97 Å². The van der Waals surface area contributed by atoms with Crippen LogP contribution in [0.15, 0.2) is 0 Å². The van der Waals surface area contributed by atoms with E-state index in [2.05, 4.69) is 33.0 Å². The van der Waals surface area contributed by atoms with Gasteiger partial charge in [0.25, 0.3) is 0 Å². The number of hydrogen-bond acceptors (Lipinski definition) is 2. The lowest BCUT2D eigenvalue weighted by Crippen LogP contribution is -2.46. The normalized spacial score (nSPS) is 22.6. The van der Waals surface area contributed by atoms with Crippen LogP contribution in [0.2, 0.25) is 0 Å². The van der Waals surface area contributed by atoms with Gasteiger partial charge in [0.1, 0.15) is 6.04 Å². The second-order valence-electron chi connectivity index (χ2n) is 6.63. The van der Waals surface area contributed by atoms with Gasteiger partial charge in [-0.1, -0.05) is 27.7 Å². The minimum atomic E-state index is -0.705. The van der Waals surface area contributed by atoms with E-state index in [-0.39, 0.29) is 6.04 Å². The van der Waals surface area contributed by atoms with Crippen LogP contribution in [-0.2, 0) is 4.79 Å². The van der Waals surface area contributed by atoms with Crippen LogP contribution in [0.25, 0.3) is 0 Å². The van der Waals surface area contributed by atoms with Crippen LogP contribution in [0.1, 0.15) is 59.8 Å². The van der Waals surface area contributed by atoms with Crippen molar-refractivity contribution in [2.45, 2.75) is 71.9 Å². The second kappa shape index (κ2) is 5.85. The molecule has 0 radical (unpaired) electrons. The third kappa shape index (κ3) is 5.07. The van der Waals surface area contributed by atoms with Gasteiger partial charge in [0.05, 0.1) is 0 Å². The largest absolute Gasteiger partial charge is 0.480 e. The number of carbonyl (C=O) groups is 1. The fourth-order valence-corrected chi connectivity index (χ4v) is 2.56. The molecule has 0 bridgehead atoms. The number of carboxylic acids is 1. The summed E-state index contributed by atoms with van der Waals surface area (Å²) in [7, 11) is 0. The summed E-state index contributed by atoms with van der Waals surface area (Å²) in [5.41, 5.74) is 0.439. The minimum Gasteiger partial charge on any atom is -0.480 e. The van der Waals surface area contributed by atoms with Crippen LogP contribution >= 0.6 is 0 Å². The highest BCUT2D eigenvalue weighted by Gasteiger charge is 2.29. The van der Waals surface area contributed by atoms with Crippen LogP contribution in [0.4, 0.5) is 0 Å². The zero-order valence-corrected chi connectivity index (χ0v) is 11.6. The smallest absolute Gasteiger partial charge is 0.320 e. The van der Waals surface area contributed by atoms with Crippen molar-refractivity contribution in [2.75, 3.05) is 0 Å². The Hall–Kier alpha value is -0.570. The highest BCUT2D eigenvalue weighted by molar-refractivity contribution is 5.73. The van der Waals surface area contributed by atoms with Crippen molar-refractivity contribution in [2.24, 2.45) is 11.3 Å². The van der Waals surface area contributed by atoms with E-state index in [0.717, 1.165) is 19.3 Å². The SMILES string of the molecule is CC(C)CC(NC1CCC(C)(C)CC1)C(=O)O. The molecule has 2 N–H and O–H groups in total. The molecule has 1 unspecified atom stereocenters. The molecule has 1 saturated carbocycles. The van der Waals surface area contributed by atoms with E-state index in [1.165, 1.54) is 12.8 Å². The average molecular weight is 241 g/mol. The topological polar surface area (TPSA) is 49.3 Å². The summed E-state index contributed by atoms with van der Waals surface area (Å²) in [4.78, 5) is 11.2. The van der Waals surface area contributed by atoms with Crippen molar-refractivity contribution in [3.63, 3.8) is 0 Å². The van der Waals surface area contributed by atoms with Crippen molar-refractivity contribution in [1.29, 1.82) is 0 Å². The summed E-state index contributed by atoms with van der Waals surface area (Å²) >= 11 is 0. The van der Waals surface area contributed by atoms with Gasteiger partial charge in [0.2, 0.25) is 0 Å². The molecule has 0 aliphatic heterocycles. The number of rotatable bonds is 5. The summed E-state index contributed by atoms with van der Waals surface area (Å²) in [6, 6.07) is 0.0177. The molecule has 0 amide bonds. The Labute approximate surface area is 105 Å². The molecule has 100 valence electrons. The van der Waals surface area contributed by atoms with Gasteiger partial charge in [0.15, 0.2) is 0 Å². The maximum absolute atomic E-state index is 11.2. The van der Waals surface area contributed by atoms with Crippen molar-refractivity contribution in [3.8, 4) is 0 Å². The fourth-order valence-electron chi connectivity index (χ4n) is 2.56. The van der Waals surface area contributed by atoms with Crippen LogP contribution < -0.4 is 5.32 Å². The first kappa shape index (κ1) is 14.5. The fraction of sp³-hybridized carbons (Fsp3) is 0.929. The highest BCUT2D eigenvalue weighted by Crippen LogP contribution is 2.35. The molecule has 1 fully saturated rings. The summed E-state index contributed by atoms with van der Waals surface area (Å²) in [6.45, 7) is 8.74. The van der Waals surface area contributed by atoms with Gasteiger partial charge in [-0.15, -0.1) is 0 Å². The molecule has 0 aromatic rings. The maximum atomic E-state index is 11.2. The zero-order chi connectivity index (χ0) is 13.1. The molecule has 17 heavy (non-hydrogen) atoms. The Balaban J connectivity index is 2.43. The lowest BCUT2D eigenvalue weighted by atomic mass is 9.75. The molecule has 0 saturated heterocycles. The van der Waals surface area contributed by atoms with E-state index in [4.69, 9.17) is 0 Å². The standard InChI is InChI=1S/C14H27NO2/c1-10(2)9-12(13(16)17)15-11-5-7-14(3,4)8-6-11/h10-12,15H,5-9H2,1-4H3,(H,16,17). The molecule has 3 heteroatoms. The second-order valence-corrected chi connectivity index (χ2v) is 6.63. The quantitative estimate of drug-likeness (QED) is 0.778. The zero-order valence-electron chi connectivity index (χ0n) is 11.6. The molecule has 0 aromatic carbocycles. The molecule has 1 aliphatic rings. The molecule has 1 atom stereocenters. The first-order valence-electron chi connectivity index (χ1n) is 6.79. The molecule has 3 nitrogen and oxygen atoms in total. The molecule has 0 spiro atoms. The molecule has 1 rings (SSSR count). The van der Waals surface area contributed by atoms with E-state index in [1.807, 2.05) is 0 Å². The van der Waals surface area contributed by atoms with Gasteiger partial charge in [-0.3, -0.25) is 4.79 Å². The van der Waals surface area contributed by atoms with Gasteiger partial charge in [-0.05, 0) is 43.4 Å². The van der Waals surface area contributed by atoms with Crippen LogP contribution in [0, 0.1) is 11.3 Å². The third-order valence-corrected chi connectivity index (χ3v) is 3.78. The number of aliphatic carboxylic acids is 1. The third-order valence-electron chi connectivity index (χ3n) is 3.78. The summed E-state index contributed by atoms with van der Waals surface area (Å²) < 4.78 is 0. The number of carboxylic acid groups (broad SMARTS) is 1. The Morgan fingerprint density at radius 2 is 1.88 bits per heavy atom. The van der Waals surface area contributed by atoms with E-state index in [0.29, 0.717) is 17.4 Å². The van der Waals surface area contributed by atoms with Crippen molar-refractivity contribution in [1.82, 2.24) is 5.32 Å². The van der Waals surface area contributed by atoms with E-state index in [9.17, 15) is 9.90 Å². The van der Waals surface area contributed by atoms with E-state index >= 15 is 0 Å². The van der Waals surface area contributed by atoms with Gasteiger partial charge in [-0.2, -0.15) is 0 Å². The van der Waals surface area contributed by atoms with Crippen molar-refractivity contribution in [3.05, 3.63) is 0 Å². The van der Waals surface area contributed by atoms with Crippen LogP contribution in [0.3, 0.4) is 0 Å². The molecular formula is C14H27NO2. The van der Waals surface area contributed by atoms with Gasteiger partial charge in [0, 0.05) is 6.04 Å². The van der Waals surface area contributed by atoms with Crippen LogP contribution in [0.5, 0.6) is 0 Å². The summed E-state index contributed by atoms with van der Waals surface area (Å²) in [5, 5.41) is 12.5. The average Bonchev–Trinajstić information content (AvgIpc) is 2.19. The van der Waals surface area contributed by atoms with E-state index in [1.54, 1.807) is 0 Å². The maximum Gasteiger partial charge on any atom is 0.320 e. The monoisotopic (exact) mass is 241 g/mol. The molecule has 1 aliphatic carbocycles. The summed E-state index contributed by atoms with van der Waals surface area (Å²) in [6.07, 6.45) is 5.32. The predicted molar refractivity (Wildman–Crippen MR) is 70.1 cm³/mol. The Kier molecular flexibility index (Phi) is 4.99. The first-order chi connectivity index (χ1) is 7.80. The number of hydrogen-bond donors (Lipinski definition) is 2. The lowest BCUT2D eigenvalue weighted by molar-refractivity contribution is -0.140. The first-order valence-corrected chi connectivity index (χ1v) is 6.79. The highest BCUT2D eigenvalue weighted by atomic mass is 16.4. The minimum absolute atomic E-state index is 0.374.